The van der Waals surface area contributed by atoms with E-state index in [1.54, 1.807) is 31.4 Å². The quantitative estimate of drug-likeness (QED) is 0.332. The van der Waals surface area contributed by atoms with E-state index in [1.165, 1.54) is 6.21 Å². The number of nitrogens with one attached hydrogen (secondary N) is 2. The summed E-state index contributed by atoms with van der Waals surface area (Å²) in [5, 5.41) is 7.14. The van der Waals surface area contributed by atoms with Gasteiger partial charge in [-0.2, -0.15) is 5.10 Å². The van der Waals surface area contributed by atoms with Gasteiger partial charge in [0.25, 0.3) is 0 Å². The molecule has 0 aliphatic rings. The van der Waals surface area contributed by atoms with Crippen LogP contribution < -0.4 is 20.2 Å². The van der Waals surface area contributed by atoms with Crippen LogP contribution in [0.4, 0.5) is 5.69 Å². The van der Waals surface area contributed by atoms with Crippen LogP contribution in [0, 0.1) is 0 Å². The summed E-state index contributed by atoms with van der Waals surface area (Å²) in [5.41, 5.74) is 4.83. The minimum Gasteiger partial charge on any atom is -0.497 e. The number of hydrogen-bond donors (Lipinski definition) is 2. The number of halogens is 1. The number of ether oxygens (including phenoxy) is 2. The molecule has 7 nitrogen and oxygen atoms in total. The monoisotopic (exact) mass is 465 g/mol. The highest BCUT2D eigenvalue weighted by Gasteiger charge is 2.07. The zero-order valence-electron chi connectivity index (χ0n) is 18.1. The predicted molar refractivity (Wildman–Crippen MR) is 129 cm³/mol. The van der Waals surface area contributed by atoms with Crippen molar-refractivity contribution in [3.8, 4) is 11.5 Å². The molecule has 2 N–H and O–H groups in total. The van der Waals surface area contributed by atoms with Crippen molar-refractivity contribution >= 4 is 35.3 Å². The standard InChI is InChI=1S/C25H24ClN3O4/c1-32-22-9-7-19(8-10-22)17-33-23-11-5-18(6-12-23)16-27-29-25(31)14-13-24(30)28-21-4-2-3-20(26)15-21/h2-12,15-16H,13-14,17H2,1H3,(H,28,30)(H,29,31). The number of benzene rings is 3. The van der Waals surface area contributed by atoms with Gasteiger partial charge in [-0.3, -0.25) is 9.59 Å². The average molecular weight is 466 g/mol. The Balaban J connectivity index is 1.37. The van der Waals surface area contributed by atoms with Crippen LogP contribution in [0.2, 0.25) is 5.02 Å². The molecule has 0 spiro atoms. The maximum atomic E-state index is 11.9. The number of carbonyl (C=O) groups excluding carboxylic acids is 2. The zero-order chi connectivity index (χ0) is 23.5. The highest BCUT2D eigenvalue weighted by molar-refractivity contribution is 6.30. The molecule has 0 atom stereocenters. The van der Waals surface area contributed by atoms with Gasteiger partial charge in [-0.25, -0.2) is 5.43 Å². The molecule has 0 unspecified atom stereocenters. The highest BCUT2D eigenvalue weighted by atomic mass is 35.5. The Hall–Kier alpha value is -3.84. The molecular weight excluding hydrogens is 442 g/mol. The molecule has 0 fully saturated rings. The first-order valence-corrected chi connectivity index (χ1v) is 10.6. The van der Waals surface area contributed by atoms with Gasteiger partial charge in [0.15, 0.2) is 0 Å². The zero-order valence-corrected chi connectivity index (χ0v) is 18.8. The second kappa shape index (κ2) is 12.3. The van der Waals surface area contributed by atoms with Crippen LogP contribution in [-0.4, -0.2) is 25.1 Å². The number of methoxy groups -OCH3 is 1. The smallest absolute Gasteiger partial charge is 0.240 e. The molecule has 0 bridgehead atoms. The van der Waals surface area contributed by atoms with E-state index in [-0.39, 0.29) is 24.7 Å². The first-order chi connectivity index (χ1) is 16.0. The van der Waals surface area contributed by atoms with Gasteiger partial charge in [0.2, 0.25) is 11.8 Å². The van der Waals surface area contributed by atoms with E-state index in [2.05, 4.69) is 15.8 Å². The molecule has 2 amide bonds. The van der Waals surface area contributed by atoms with Crippen molar-refractivity contribution in [3.63, 3.8) is 0 Å². The van der Waals surface area contributed by atoms with Crippen molar-refractivity contribution in [2.75, 3.05) is 12.4 Å². The van der Waals surface area contributed by atoms with Crippen LogP contribution in [0.3, 0.4) is 0 Å². The maximum Gasteiger partial charge on any atom is 0.240 e. The minimum atomic E-state index is -0.355. The fourth-order valence-corrected chi connectivity index (χ4v) is 2.98. The molecular formula is C25H24ClN3O4. The number of amides is 2. The topological polar surface area (TPSA) is 89.0 Å². The Morgan fingerprint density at radius 2 is 1.64 bits per heavy atom. The third kappa shape index (κ3) is 8.31. The second-order valence-electron chi connectivity index (χ2n) is 7.06. The number of nitrogens with zero attached hydrogens (tertiary/aromatic N) is 1. The van der Waals surface area contributed by atoms with Crippen molar-refractivity contribution in [2.45, 2.75) is 19.4 Å². The largest absolute Gasteiger partial charge is 0.497 e. The summed E-state index contributed by atoms with van der Waals surface area (Å²) in [6, 6.07) is 21.8. The third-order valence-corrected chi connectivity index (χ3v) is 4.77. The van der Waals surface area contributed by atoms with Crippen molar-refractivity contribution < 1.29 is 19.1 Å². The lowest BCUT2D eigenvalue weighted by Crippen LogP contribution is -2.20. The molecule has 3 rings (SSSR count). The number of hydrazone groups is 1. The highest BCUT2D eigenvalue weighted by Crippen LogP contribution is 2.16. The van der Waals surface area contributed by atoms with Crippen molar-refractivity contribution in [1.82, 2.24) is 5.43 Å². The van der Waals surface area contributed by atoms with E-state index in [1.807, 2.05) is 48.5 Å². The predicted octanol–water partition coefficient (Wildman–Crippen LogP) is 4.80. The van der Waals surface area contributed by atoms with Crippen molar-refractivity contribution in [1.29, 1.82) is 0 Å². The van der Waals surface area contributed by atoms with Gasteiger partial charge in [-0.05, 0) is 65.7 Å². The first-order valence-electron chi connectivity index (χ1n) is 10.2. The summed E-state index contributed by atoms with van der Waals surface area (Å²) in [7, 11) is 1.63. The number of anilines is 1. The van der Waals surface area contributed by atoms with Gasteiger partial charge in [0.05, 0.1) is 13.3 Å². The van der Waals surface area contributed by atoms with E-state index >= 15 is 0 Å². The summed E-state index contributed by atoms with van der Waals surface area (Å²) >= 11 is 5.88. The van der Waals surface area contributed by atoms with E-state index in [0.29, 0.717) is 17.3 Å². The van der Waals surface area contributed by atoms with Crippen LogP contribution in [-0.2, 0) is 16.2 Å². The summed E-state index contributed by atoms with van der Waals surface area (Å²) in [6.07, 6.45) is 1.58. The number of rotatable bonds is 10. The SMILES string of the molecule is COc1ccc(COc2ccc(C=NNC(=O)CCC(=O)Nc3cccc(Cl)c3)cc2)cc1. The van der Waals surface area contributed by atoms with Gasteiger partial charge in [-0.15, -0.1) is 0 Å². The van der Waals surface area contributed by atoms with Crippen LogP contribution in [0.15, 0.2) is 77.9 Å². The van der Waals surface area contributed by atoms with Crippen LogP contribution in [0.1, 0.15) is 24.0 Å². The first kappa shape index (κ1) is 23.8. The molecule has 0 radical (unpaired) electrons. The fraction of sp³-hybridized carbons (Fsp3) is 0.160. The number of carbonyl (C=O) groups is 2. The van der Waals surface area contributed by atoms with Gasteiger partial charge in [0.1, 0.15) is 18.1 Å². The Kier molecular flexibility index (Phi) is 8.85. The summed E-state index contributed by atoms with van der Waals surface area (Å²) in [6.45, 7) is 0.443. The Bertz CT molecular complexity index is 1100. The molecule has 0 aromatic heterocycles. The molecule has 170 valence electrons. The fourth-order valence-electron chi connectivity index (χ4n) is 2.79. The molecule has 0 heterocycles. The van der Waals surface area contributed by atoms with Crippen LogP contribution in [0.25, 0.3) is 0 Å². The molecule has 0 saturated carbocycles. The lowest BCUT2D eigenvalue weighted by Gasteiger charge is -2.07. The summed E-state index contributed by atoms with van der Waals surface area (Å²) < 4.78 is 10.9. The van der Waals surface area contributed by atoms with Crippen molar-refractivity contribution in [3.05, 3.63) is 88.9 Å². The average Bonchev–Trinajstić information content (AvgIpc) is 2.82. The molecule has 3 aromatic rings. The van der Waals surface area contributed by atoms with Crippen molar-refractivity contribution in [2.24, 2.45) is 5.10 Å². The molecule has 3 aromatic carbocycles. The van der Waals surface area contributed by atoms with Gasteiger partial charge >= 0.3 is 0 Å². The van der Waals surface area contributed by atoms with Gasteiger partial charge in [0, 0.05) is 23.6 Å². The lowest BCUT2D eigenvalue weighted by molar-refractivity contribution is -0.124. The Labute approximate surface area is 197 Å². The molecule has 0 aliphatic heterocycles. The Morgan fingerprint density at radius 3 is 2.33 bits per heavy atom. The molecule has 33 heavy (non-hydrogen) atoms. The molecule has 0 aliphatic carbocycles. The third-order valence-electron chi connectivity index (χ3n) is 4.54. The molecule has 8 heteroatoms. The Morgan fingerprint density at radius 1 is 0.939 bits per heavy atom. The van der Waals surface area contributed by atoms with E-state index in [0.717, 1.165) is 22.6 Å². The lowest BCUT2D eigenvalue weighted by atomic mass is 10.2. The van der Waals surface area contributed by atoms with Gasteiger partial charge < -0.3 is 14.8 Å². The normalized spacial score (nSPS) is 10.6. The van der Waals surface area contributed by atoms with Crippen LogP contribution in [0.5, 0.6) is 11.5 Å². The minimum absolute atomic E-state index is 0.0158. The van der Waals surface area contributed by atoms with Gasteiger partial charge in [-0.1, -0.05) is 29.8 Å². The maximum absolute atomic E-state index is 11.9. The molecule has 0 saturated heterocycles. The second-order valence-corrected chi connectivity index (χ2v) is 7.49. The van der Waals surface area contributed by atoms with E-state index < -0.39 is 0 Å². The summed E-state index contributed by atoms with van der Waals surface area (Å²) in [4.78, 5) is 23.8. The van der Waals surface area contributed by atoms with Crippen LogP contribution >= 0.6 is 11.6 Å². The van der Waals surface area contributed by atoms with E-state index in [4.69, 9.17) is 21.1 Å². The summed E-state index contributed by atoms with van der Waals surface area (Å²) in [5.74, 6) is 0.890. The number of hydrogen-bond acceptors (Lipinski definition) is 5. The van der Waals surface area contributed by atoms with E-state index in [9.17, 15) is 9.59 Å².